The summed E-state index contributed by atoms with van der Waals surface area (Å²) >= 11 is 0. The predicted octanol–water partition coefficient (Wildman–Crippen LogP) is 0.581. The van der Waals surface area contributed by atoms with E-state index in [1.807, 2.05) is 6.20 Å². The summed E-state index contributed by atoms with van der Waals surface area (Å²) in [7, 11) is 0. The Bertz CT molecular complexity index is 542. The molecule has 0 bridgehead atoms. The quantitative estimate of drug-likeness (QED) is 0.449. The lowest BCUT2D eigenvalue weighted by atomic mass is 10.2. The van der Waals surface area contributed by atoms with Crippen LogP contribution in [-0.2, 0) is 6.54 Å². The number of aromatic nitrogens is 3. The van der Waals surface area contributed by atoms with E-state index < -0.39 is 0 Å². The van der Waals surface area contributed by atoms with Crippen molar-refractivity contribution in [2.75, 3.05) is 6.54 Å². The monoisotopic (exact) mass is 221 g/mol. The van der Waals surface area contributed by atoms with Gasteiger partial charge in [-0.3, -0.25) is 5.41 Å². The number of aromatic amines is 1. The number of H-pyrrole nitrogens is 1. The van der Waals surface area contributed by atoms with Crippen molar-refractivity contribution in [2.24, 2.45) is 0 Å². The van der Waals surface area contributed by atoms with Gasteiger partial charge < -0.3 is 15.5 Å². The summed E-state index contributed by atoms with van der Waals surface area (Å²) in [6.45, 7) is 3.79. The maximum absolute atomic E-state index is 9.36. The Labute approximate surface area is 92.4 Å². The molecule has 2 aromatic heterocycles. The molecule has 2 aromatic rings. The minimum absolute atomic E-state index is 0.178. The van der Waals surface area contributed by atoms with Crippen LogP contribution in [0.3, 0.4) is 0 Å². The van der Waals surface area contributed by atoms with Gasteiger partial charge in [0, 0.05) is 18.1 Å². The first-order valence-corrected chi connectivity index (χ1v) is 5.26. The molecule has 4 N–H and O–H groups in total. The summed E-state index contributed by atoms with van der Waals surface area (Å²) in [6, 6.07) is 0. The molecular formula is C10H15N5O. The number of hydrogen-bond acceptors (Lipinski definition) is 4. The minimum Gasteiger partial charge on any atom is -0.425 e. The fourth-order valence-electron chi connectivity index (χ4n) is 1.59. The van der Waals surface area contributed by atoms with E-state index in [1.165, 1.54) is 6.20 Å². The molecule has 0 saturated heterocycles. The van der Waals surface area contributed by atoms with E-state index in [9.17, 15) is 5.21 Å². The van der Waals surface area contributed by atoms with Gasteiger partial charge in [0.1, 0.15) is 5.65 Å². The van der Waals surface area contributed by atoms with E-state index in [2.05, 4.69) is 22.2 Å². The van der Waals surface area contributed by atoms with Crippen LogP contribution >= 0.6 is 0 Å². The van der Waals surface area contributed by atoms with E-state index in [0.717, 1.165) is 35.2 Å². The number of hydrogen-bond donors (Lipinski definition) is 4. The highest BCUT2D eigenvalue weighted by Gasteiger charge is 2.05. The zero-order valence-electron chi connectivity index (χ0n) is 9.12. The normalized spacial score (nSPS) is 11.1. The number of nitrogens with zero attached hydrogens (tertiary/aromatic N) is 2. The molecule has 86 valence electrons. The highest BCUT2D eigenvalue weighted by molar-refractivity contribution is 5.78. The SMILES string of the molecule is CCCNCc1c[nH]c2nc(=N)n(O)cc12. The standard InChI is InChI=1S/C10H15N5O/c1-2-3-12-4-7-5-13-9-8(7)6-15(16)10(11)14-9/h5-6,12,16H,2-4H2,1H3,(H2,11,13,14). The van der Waals surface area contributed by atoms with Crippen molar-refractivity contribution >= 4 is 11.0 Å². The zero-order valence-corrected chi connectivity index (χ0v) is 9.12. The summed E-state index contributed by atoms with van der Waals surface area (Å²) in [4.78, 5) is 6.91. The van der Waals surface area contributed by atoms with Gasteiger partial charge in [-0.2, -0.15) is 9.71 Å². The second-order valence-corrected chi connectivity index (χ2v) is 3.66. The Kier molecular flexibility index (Phi) is 2.91. The molecule has 0 saturated carbocycles. The van der Waals surface area contributed by atoms with Crippen LogP contribution in [0.4, 0.5) is 0 Å². The Hall–Kier alpha value is -1.82. The van der Waals surface area contributed by atoms with E-state index in [0.29, 0.717) is 5.65 Å². The van der Waals surface area contributed by atoms with E-state index >= 15 is 0 Å². The van der Waals surface area contributed by atoms with Crippen LogP contribution in [0.25, 0.3) is 11.0 Å². The topological polar surface area (TPSA) is 89.7 Å². The fourth-order valence-corrected chi connectivity index (χ4v) is 1.59. The van der Waals surface area contributed by atoms with Crippen molar-refractivity contribution in [1.29, 1.82) is 5.41 Å². The second kappa shape index (κ2) is 4.36. The summed E-state index contributed by atoms with van der Waals surface area (Å²) in [5, 5.41) is 20.8. The molecular weight excluding hydrogens is 206 g/mol. The lowest BCUT2D eigenvalue weighted by Gasteiger charge is -2.02. The number of nitrogens with one attached hydrogen (secondary N) is 3. The lowest BCUT2D eigenvalue weighted by molar-refractivity contribution is 0.167. The maximum Gasteiger partial charge on any atom is 0.257 e. The summed E-state index contributed by atoms with van der Waals surface area (Å²) < 4.78 is 0.722. The fraction of sp³-hybridized carbons (Fsp3) is 0.400. The van der Waals surface area contributed by atoms with Crippen LogP contribution in [-0.4, -0.2) is 26.5 Å². The molecule has 0 spiro atoms. The third kappa shape index (κ3) is 1.92. The average Bonchev–Trinajstić information content (AvgIpc) is 2.63. The highest BCUT2D eigenvalue weighted by Crippen LogP contribution is 2.13. The predicted molar refractivity (Wildman–Crippen MR) is 59.1 cm³/mol. The molecule has 6 heteroatoms. The largest absolute Gasteiger partial charge is 0.425 e. The van der Waals surface area contributed by atoms with Crippen molar-refractivity contribution in [3.05, 3.63) is 23.6 Å². The van der Waals surface area contributed by atoms with Crippen LogP contribution in [0, 0.1) is 5.41 Å². The smallest absolute Gasteiger partial charge is 0.257 e. The molecule has 2 rings (SSSR count). The minimum atomic E-state index is -0.178. The van der Waals surface area contributed by atoms with Crippen LogP contribution in [0.1, 0.15) is 18.9 Å². The van der Waals surface area contributed by atoms with E-state index in [-0.39, 0.29) is 5.62 Å². The summed E-state index contributed by atoms with van der Waals surface area (Å²) in [6.07, 6.45) is 4.43. The highest BCUT2D eigenvalue weighted by atomic mass is 16.5. The van der Waals surface area contributed by atoms with Gasteiger partial charge in [0.2, 0.25) is 0 Å². The Morgan fingerprint density at radius 1 is 1.62 bits per heavy atom. The van der Waals surface area contributed by atoms with Gasteiger partial charge in [0.25, 0.3) is 5.62 Å². The van der Waals surface area contributed by atoms with Gasteiger partial charge in [-0.05, 0) is 18.5 Å². The van der Waals surface area contributed by atoms with Gasteiger partial charge in [-0.1, -0.05) is 6.92 Å². The molecule has 0 unspecified atom stereocenters. The van der Waals surface area contributed by atoms with Crippen LogP contribution < -0.4 is 10.9 Å². The number of rotatable bonds is 4. The molecule has 2 heterocycles. The summed E-state index contributed by atoms with van der Waals surface area (Å²) in [5.74, 6) is 0. The Morgan fingerprint density at radius 3 is 3.19 bits per heavy atom. The zero-order chi connectivity index (χ0) is 11.5. The molecule has 0 aliphatic carbocycles. The molecule has 16 heavy (non-hydrogen) atoms. The first kappa shape index (κ1) is 10.7. The lowest BCUT2D eigenvalue weighted by Crippen LogP contribution is -2.20. The van der Waals surface area contributed by atoms with Crippen molar-refractivity contribution in [1.82, 2.24) is 20.0 Å². The molecule has 0 aliphatic heterocycles. The third-order valence-corrected chi connectivity index (χ3v) is 2.41. The van der Waals surface area contributed by atoms with E-state index in [1.54, 1.807) is 0 Å². The van der Waals surface area contributed by atoms with Gasteiger partial charge in [-0.25, -0.2) is 0 Å². The molecule has 6 nitrogen and oxygen atoms in total. The average molecular weight is 221 g/mol. The van der Waals surface area contributed by atoms with Gasteiger partial charge in [0.05, 0.1) is 6.20 Å². The molecule has 0 aliphatic rings. The van der Waals surface area contributed by atoms with Gasteiger partial charge in [-0.15, -0.1) is 0 Å². The Balaban J connectivity index is 2.33. The van der Waals surface area contributed by atoms with Gasteiger partial charge in [0.15, 0.2) is 0 Å². The third-order valence-electron chi connectivity index (χ3n) is 2.41. The van der Waals surface area contributed by atoms with Gasteiger partial charge >= 0.3 is 0 Å². The van der Waals surface area contributed by atoms with Crippen molar-refractivity contribution < 1.29 is 5.21 Å². The summed E-state index contributed by atoms with van der Waals surface area (Å²) in [5.41, 5.74) is 1.49. The molecule has 0 amide bonds. The van der Waals surface area contributed by atoms with Crippen molar-refractivity contribution in [3.63, 3.8) is 0 Å². The van der Waals surface area contributed by atoms with Crippen LogP contribution in [0.15, 0.2) is 12.4 Å². The first-order valence-electron chi connectivity index (χ1n) is 5.26. The second-order valence-electron chi connectivity index (χ2n) is 3.66. The molecule has 0 radical (unpaired) electrons. The number of fused-ring (bicyclic) bond motifs is 1. The maximum atomic E-state index is 9.36. The van der Waals surface area contributed by atoms with Crippen molar-refractivity contribution in [2.45, 2.75) is 19.9 Å². The molecule has 0 aromatic carbocycles. The molecule has 0 fully saturated rings. The van der Waals surface area contributed by atoms with Crippen LogP contribution in [0.2, 0.25) is 0 Å². The Morgan fingerprint density at radius 2 is 2.44 bits per heavy atom. The van der Waals surface area contributed by atoms with Crippen molar-refractivity contribution in [3.8, 4) is 0 Å². The van der Waals surface area contributed by atoms with E-state index in [4.69, 9.17) is 5.41 Å². The van der Waals surface area contributed by atoms with Crippen LogP contribution in [0.5, 0.6) is 0 Å². The first-order chi connectivity index (χ1) is 7.72. The molecule has 0 atom stereocenters.